The molecule has 0 aliphatic carbocycles. The van der Waals surface area contributed by atoms with E-state index in [0.29, 0.717) is 0 Å². The normalized spacial score (nSPS) is 15.2. The number of benzene rings is 1. The molecule has 0 saturated carbocycles. The summed E-state index contributed by atoms with van der Waals surface area (Å²) in [7, 11) is 1.76. The summed E-state index contributed by atoms with van der Waals surface area (Å²) >= 11 is 0. The Bertz CT molecular complexity index is 375. The van der Waals surface area contributed by atoms with Crippen LogP contribution in [-0.4, -0.2) is 46.5 Å². The highest BCUT2D eigenvalue weighted by atomic mass is 16.5. The standard InChI is InChI=1S/C17H28N2O2/c1-20-14-4-2-3-5-15-21-17-8-6-16(7-9-17)19-12-10-18-11-13-19/h6-9,18H,2-5,10-15H2,1H3. The molecule has 1 aromatic rings. The van der Waals surface area contributed by atoms with Gasteiger partial charge in [-0.15, -0.1) is 0 Å². The van der Waals surface area contributed by atoms with Crippen molar-refractivity contribution in [2.24, 2.45) is 0 Å². The van der Waals surface area contributed by atoms with Crippen LogP contribution in [0.4, 0.5) is 5.69 Å². The van der Waals surface area contributed by atoms with Crippen LogP contribution in [0.25, 0.3) is 0 Å². The highest BCUT2D eigenvalue weighted by Crippen LogP contribution is 2.20. The predicted octanol–water partition coefficient (Wildman–Crippen LogP) is 2.68. The van der Waals surface area contributed by atoms with Gasteiger partial charge in [-0.2, -0.15) is 0 Å². The molecule has 0 unspecified atom stereocenters. The lowest BCUT2D eigenvalue weighted by Gasteiger charge is -2.29. The molecule has 0 bridgehead atoms. The number of hydrogen-bond acceptors (Lipinski definition) is 4. The van der Waals surface area contributed by atoms with Crippen LogP contribution in [0, 0.1) is 0 Å². The van der Waals surface area contributed by atoms with Crippen molar-refractivity contribution < 1.29 is 9.47 Å². The summed E-state index contributed by atoms with van der Waals surface area (Å²) in [6.45, 7) is 5.99. The van der Waals surface area contributed by atoms with Crippen molar-refractivity contribution in [3.05, 3.63) is 24.3 Å². The van der Waals surface area contributed by atoms with Gasteiger partial charge in [-0.1, -0.05) is 6.42 Å². The second-order valence-corrected chi connectivity index (χ2v) is 5.49. The van der Waals surface area contributed by atoms with Crippen molar-refractivity contribution in [2.75, 3.05) is 51.4 Å². The molecule has 1 saturated heterocycles. The maximum Gasteiger partial charge on any atom is 0.119 e. The largest absolute Gasteiger partial charge is 0.494 e. The Morgan fingerprint density at radius 1 is 0.952 bits per heavy atom. The Morgan fingerprint density at radius 2 is 1.62 bits per heavy atom. The zero-order valence-electron chi connectivity index (χ0n) is 13.1. The molecule has 4 heteroatoms. The maximum atomic E-state index is 5.79. The average molecular weight is 292 g/mol. The zero-order valence-corrected chi connectivity index (χ0v) is 13.1. The van der Waals surface area contributed by atoms with Gasteiger partial charge in [-0.3, -0.25) is 0 Å². The molecule has 118 valence electrons. The van der Waals surface area contributed by atoms with E-state index in [1.54, 1.807) is 7.11 Å². The third kappa shape index (κ3) is 5.94. The lowest BCUT2D eigenvalue weighted by atomic mass is 10.2. The number of piperazine rings is 1. The van der Waals surface area contributed by atoms with Gasteiger partial charge in [0.1, 0.15) is 5.75 Å². The maximum absolute atomic E-state index is 5.79. The first-order chi connectivity index (χ1) is 10.4. The molecule has 2 rings (SSSR count). The van der Waals surface area contributed by atoms with E-state index in [-0.39, 0.29) is 0 Å². The summed E-state index contributed by atoms with van der Waals surface area (Å²) in [4.78, 5) is 2.41. The molecule has 0 amide bonds. The van der Waals surface area contributed by atoms with Crippen molar-refractivity contribution in [3.8, 4) is 5.75 Å². The first kappa shape index (κ1) is 16.1. The lowest BCUT2D eigenvalue weighted by molar-refractivity contribution is 0.191. The number of unbranched alkanes of at least 4 members (excludes halogenated alkanes) is 3. The Labute approximate surface area is 128 Å². The van der Waals surface area contributed by atoms with Crippen molar-refractivity contribution in [2.45, 2.75) is 25.7 Å². The van der Waals surface area contributed by atoms with Gasteiger partial charge in [0.25, 0.3) is 0 Å². The highest BCUT2D eigenvalue weighted by molar-refractivity contribution is 5.49. The Balaban J connectivity index is 1.63. The molecule has 0 aromatic heterocycles. The van der Waals surface area contributed by atoms with Crippen molar-refractivity contribution in [1.82, 2.24) is 5.32 Å². The van der Waals surface area contributed by atoms with Crippen molar-refractivity contribution in [1.29, 1.82) is 0 Å². The minimum absolute atomic E-state index is 0.806. The quantitative estimate of drug-likeness (QED) is 0.710. The van der Waals surface area contributed by atoms with Gasteiger partial charge in [0, 0.05) is 45.6 Å². The molecule has 1 aliphatic heterocycles. The lowest BCUT2D eigenvalue weighted by Crippen LogP contribution is -2.43. The number of nitrogens with zero attached hydrogens (tertiary/aromatic N) is 1. The van der Waals surface area contributed by atoms with E-state index in [2.05, 4.69) is 34.5 Å². The third-order valence-corrected chi connectivity index (χ3v) is 3.83. The van der Waals surface area contributed by atoms with Crippen LogP contribution in [0.2, 0.25) is 0 Å². The minimum Gasteiger partial charge on any atom is -0.494 e. The molecule has 1 fully saturated rings. The zero-order chi connectivity index (χ0) is 14.8. The molecular formula is C17H28N2O2. The fourth-order valence-electron chi connectivity index (χ4n) is 2.57. The van der Waals surface area contributed by atoms with E-state index in [0.717, 1.165) is 58.0 Å². The van der Waals surface area contributed by atoms with Gasteiger partial charge in [-0.25, -0.2) is 0 Å². The van der Waals surface area contributed by atoms with E-state index >= 15 is 0 Å². The second kappa shape index (κ2) is 9.64. The van der Waals surface area contributed by atoms with Crippen LogP contribution in [-0.2, 0) is 4.74 Å². The fourth-order valence-corrected chi connectivity index (χ4v) is 2.57. The van der Waals surface area contributed by atoms with Crippen LogP contribution in [0.5, 0.6) is 5.75 Å². The Hall–Kier alpha value is -1.26. The second-order valence-electron chi connectivity index (χ2n) is 5.49. The van der Waals surface area contributed by atoms with Crippen LogP contribution in [0.3, 0.4) is 0 Å². The van der Waals surface area contributed by atoms with E-state index in [1.807, 2.05) is 0 Å². The van der Waals surface area contributed by atoms with Crippen LogP contribution in [0.1, 0.15) is 25.7 Å². The number of ether oxygens (including phenoxy) is 2. The molecule has 1 heterocycles. The summed E-state index contributed by atoms with van der Waals surface area (Å²) in [6, 6.07) is 8.50. The van der Waals surface area contributed by atoms with Gasteiger partial charge in [0.05, 0.1) is 6.61 Å². The van der Waals surface area contributed by atoms with E-state index < -0.39 is 0 Å². The SMILES string of the molecule is COCCCCCCOc1ccc(N2CCNCC2)cc1. The molecule has 1 N–H and O–H groups in total. The van der Waals surface area contributed by atoms with Crippen LogP contribution < -0.4 is 15.0 Å². The van der Waals surface area contributed by atoms with E-state index in [1.165, 1.54) is 18.5 Å². The summed E-state index contributed by atoms with van der Waals surface area (Å²) in [5.74, 6) is 0.978. The summed E-state index contributed by atoms with van der Waals surface area (Å²) in [5.41, 5.74) is 1.29. The van der Waals surface area contributed by atoms with Gasteiger partial charge in [0.2, 0.25) is 0 Å². The Kier molecular flexibility index (Phi) is 7.39. The van der Waals surface area contributed by atoms with Crippen LogP contribution in [0.15, 0.2) is 24.3 Å². The molecule has 0 atom stereocenters. The summed E-state index contributed by atoms with van der Waals surface area (Å²) < 4.78 is 10.8. The van der Waals surface area contributed by atoms with Gasteiger partial charge < -0.3 is 19.7 Å². The number of anilines is 1. The van der Waals surface area contributed by atoms with Gasteiger partial charge in [0.15, 0.2) is 0 Å². The Morgan fingerprint density at radius 3 is 2.29 bits per heavy atom. The van der Waals surface area contributed by atoms with Crippen molar-refractivity contribution in [3.63, 3.8) is 0 Å². The number of rotatable bonds is 9. The highest BCUT2D eigenvalue weighted by Gasteiger charge is 2.09. The van der Waals surface area contributed by atoms with Gasteiger partial charge >= 0.3 is 0 Å². The predicted molar refractivity (Wildman–Crippen MR) is 87.4 cm³/mol. The molecular weight excluding hydrogens is 264 g/mol. The fraction of sp³-hybridized carbons (Fsp3) is 0.647. The van der Waals surface area contributed by atoms with Crippen molar-refractivity contribution >= 4 is 5.69 Å². The first-order valence-electron chi connectivity index (χ1n) is 8.07. The molecule has 4 nitrogen and oxygen atoms in total. The third-order valence-electron chi connectivity index (χ3n) is 3.83. The molecule has 1 aliphatic rings. The molecule has 1 aromatic carbocycles. The summed E-state index contributed by atoms with van der Waals surface area (Å²) in [5, 5.41) is 3.37. The number of hydrogen-bond donors (Lipinski definition) is 1. The number of methoxy groups -OCH3 is 1. The topological polar surface area (TPSA) is 33.7 Å². The molecule has 0 radical (unpaired) electrons. The van der Waals surface area contributed by atoms with Crippen LogP contribution >= 0.6 is 0 Å². The molecule has 0 spiro atoms. The summed E-state index contributed by atoms with van der Waals surface area (Å²) in [6.07, 6.45) is 4.69. The minimum atomic E-state index is 0.806. The average Bonchev–Trinajstić information content (AvgIpc) is 2.55. The van der Waals surface area contributed by atoms with E-state index in [9.17, 15) is 0 Å². The first-order valence-corrected chi connectivity index (χ1v) is 8.07. The van der Waals surface area contributed by atoms with Gasteiger partial charge in [-0.05, 0) is 43.5 Å². The number of nitrogens with one attached hydrogen (secondary N) is 1. The monoisotopic (exact) mass is 292 g/mol. The smallest absolute Gasteiger partial charge is 0.119 e. The molecule has 21 heavy (non-hydrogen) atoms. The van der Waals surface area contributed by atoms with E-state index in [4.69, 9.17) is 9.47 Å².